The lowest BCUT2D eigenvalue weighted by molar-refractivity contribution is -0.121. The average molecular weight is 363 g/mol. The highest BCUT2D eigenvalue weighted by atomic mass is 32.2. The van der Waals surface area contributed by atoms with E-state index in [4.69, 9.17) is 4.74 Å². The van der Waals surface area contributed by atoms with Gasteiger partial charge in [-0.25, -0.2) is 0 Å². The van der Waals surface area contributed by atoms with Crippen molar-refractivity contribution in [2.75, 3.05) is 25.2 Å². The van der Waals surface area contributed by atoms with Gasteiger partial charge in [0.05, 0.1) is 13.7 Å². The van der Waals surface area contributed by atoms with E-state index in [1.54, 1.807) is 18.4 Å². The molecule has 2 aromatic rings. The van der Waals surface area contributed by atoms with Crippen LogP contribution in [0.2, 0.25) is 0 Å². The molecule has 0 aliphatic carbocycles. The van der Waals surface area contributed by atoms with Gasteiger partial charge in [0.15, 0.2) is 0 Å². The molecule has 1 aromatic heterocycles. The summed E-state index contributed by atoms with van der Waals surface area (Å²) in [7, 11) is 1.67. The van der Waals surface area contributed by atoms with Crippen LogP contribution in [0.1, 0.15) is 11.3 Å². The Kier molecular flexibility index (Phi) is 6.18. The lowest BCUT2D eigenvalue weighted by atomic mass is 10.2. The van der Waals surface area contributed by atoms with Crippen LogP contribution in [0, 0.1) is 0 Å². The number of amides is 1. The predicted octanol–water partition coefficient (Wildman–Crippen LogP) is 3.14. The summed E-state index contributed by atoms with van der Waals surface area (Å²) >= 11 is 3.63. The fourth-order valence-corrected chi connectivity index (χ4v) is 4.52. The molecule has 128 valence electrons. The van der Waals surface area contributed by atoms with Gasteiger partial charge in [0.1, 0.15) is 5.75 Å². The highest BCUT2D eigenvalue weighted by Gasteiger charge is 2.16. The molecule has 1 unspecified atom stereocenters. The normalized spacial score (nSPS) is 17.5. The van der Waals surface area contributed by atoms with Gasteiger partial charge < -0.3 is 15.4 Å². The molecular formula is C18H22N2O2S2. The molecule has 2 heterocycles. The van der Waals surface area contributed by atoms with Gasteiger partial charge >= 0.3 is 0 Å². The summed E-state index contributed by atoms with van der Waals surface area (Å²) < 4.78 is 5.19. The van der Waals surface area contributed by atoms with E-state index in [0.717, 1.165) is 23.8 Å². The number of nitrogens with one attached hydrogen (secondary N) is 2. The molecule has 0 saturated carbocycles. The van der Waals surface area contributed by atoms with Crippen LogP contribution in [-0.4, -0.2) is 37.1 Å². The zero-order valence-corrected chi connectivity index (χ0v) is 15.3. The standard InChI is InChI=1S/C18H22N2O2S2/c1-22-15-4-2-13(3-5-15)17-7-6-16(24-17)11-20-18(21)10-14-12-23-9-8-19-14/h2-7,14,19H,8-12H2,1H3,(H,20,21). The Balaban J connectivity index is 1.50. The maximum absolute atomic E-state index is 12.1. The Morgan fingerprint density at radius 1 is 1.29 bits per heavy atom. The molecule has 4 nitrogen and oxygen atoms in total. The van der Waals surface area contributed by atoms with Gasteiger partial charge in [0, 0.05) is 40.3 Å². The molecule has 6 heteroatoms. The molecular weight excluding hydrogens is 340 g/mol. The SMILES string of the molecule is COc1ccc(-c2ccc(CNC(=O)CC3CSCCN3)s2)cc1. The maximum atomic E-state index is 12.1. The highest BCUT2D eigenvalue weighted by Crippen LogP contribution is 2.29. The molecule has 0 bridgehead atoms. The first-order valence-electron chi connectivity index (χ1n) is 8.05. The third-order valence-corrected chi connectivity index (χ3v) is 6.19. The Morgan fingerprint density at radius 2 is 2.12 bits per heavy atom. The molecule has 2 N–H and O–H groups in total. The molecule has 1 saturated heterocycles. The Labute approximate surface area is 151 Å². The molecule has 24 heavy (non-hydrogen) atoms. The predicted molar refractivity (Wildman–Crippen MR) is 102 cm³/mol. The number of thioether (sulfide) groups is 1. The van der Waals surface area contributed by atoms with Crippen LogP contribution in [0.15, 0.2) is 36.4 Å². The van der Waals surface area contributed by atoms with E-state index in [2.05, 4.69) is 34.9 Å². The summed E-state index contributed by atoms with van der Waals surface area (Å²) in [5, 5.41) is 6.43. The monoisotopic (exact) mass is 362 g/mol. The van der Waals surface area contributed by atoms with E-state index >= 15 is 0 Å². The second-order valence-corrected chi connectivity index (χ2v) is 8.02. The molecule has 1 aromatic carbocycles. The number of carbonyl (C=O) groups excluding carboxylic acids is 1. The van der Waals surface area contributed by atoms with E-state index in [1.165, 1.54) is 15.3 Å². The number of methoxy groups -OCH3 is 1. The van der Waals surface area contributed by atoms with Crippen LogP contribution >= 0.6 is 23.1 Å². The summed E-state index contributed by atoms with van der Waals surface area (Å²) in [6.07, 6.45) is 0.559. The first-order chi connectivity index (χ1) is 11.7. The van der Waals surface area contributed by atoms with Crippen LogP contribution in [0.25, 0.3) is 10.4 Å². The van der Waals surface area contributed by atoms with Crippen molar-refractivity contribution < 1.29 is 9.53 Å². The van der Waals surface area contributed by atoms with Crippen LogP contribution in [0.3, 0.4) is 0 Å². The fraction of sp³-hybridized carbons (Fsp3) is 0.389. The third-order valence-electron chi connectivity index (χ3n) is 3.93. The van der Waals surface area contributed by atoms with E-state index in [-0.39, 0.29) is 5.91 Å². The first kappa shape index (κ1) is 17.3. The van der Waals surface area contributed by atoms with E-state index in [1.807, 2.05) is 23.9 Å². The Bertz CT molecular complexity index is 664. The zero-order valence-electron chi connectivity index (χ0n) is 13.7. The van der Waals surface area contributed by atoms with Crippen molar-refractivity contribution in [2.24, 2.45) is 0 Å². The van der Waals surface area contributed by atoms with Crippen LogP contribution in [-0.2, 0) is 11.3 Å². The molecule has 1 atom stereocenters. The van der Waals surface area contributed by atoms with Crippen molar-refractivity contribution >= 4 is 29.0 Å². The summed E-state index contributed by atoms with van der Waals surface area (Å²) in [5.74, 6) is 3.14. The van der Waals surface area contributed by atoms with Crippen molar-refractivity contribution in [1.82, 2.24) is 10.6 Å². The van der Waals surface area contributed by atoms with E-state index in [9.17, 15) is 4.79 Å². The number of thiophene rings is 1. The molecule has 3 rings (SSSR count). The van der Waals surface area contributed by atoms with Gasteiger partial charge in [-0.05, 0) is 42.0 Å². The minimum atomic E-state index is 0.120. The number of hydrogen-bond donors (Lipinski definition) is 2. The van der Waals surface area contributed by atoms with E-state index < -0.39 is 0 Å². The number of hydrogen-bond acceptors (Lipinski definition) is 5. The van der Waals surface area contributed by atoms with Gasteiger partial charge in [-0.3, -0.25) is 4.79 Å². The van der Waals surface area contributed by atoms with Crippen LogP contribution in [0.5, 0.6) is 5.75 Å². The van der Waals surface area contributed by atoms with Crippen LogP contribution in [0.4, 0.5) is 0 Å². The van der Waals surface area contributed by atoms with Crippen molar-refractivity contribution in [3.63, 3.8) is 0 Å². The summed E-state index contributed by atoms with van der Waals surface area (Å²) in [6, 6.07) is 12.5. The Hall–Kier alpha value is -1.50. The lowest BCUT2D eigenvalue weighted by Crippen LogP contribution is -2.41. The quantitative estimate of drug-likeness (QED) is 0.829. The summed E-state index contributed by atoms with van der Waals surface area (Å²) in [4.78, 5) is 14.4. The number of rotatable bonds is 6. The van der Waals surface area contributed by atoms with Crippen molar-refractivity contribution in [1.29, 1.82) is 0 Å². The van der Waals surface area contributed by atoms with E-state index in [0.29, 0.717) is 19.0 Å². The third kappa shape index (κ3) is 4.75. The largest absolute Gasteiger partial charge is 0.497 e. The Morgan fingerprint density at radius 3 is 2.83 bits per heavy atom. The molecule has 0 spiro atoms. The van der Waals surface area contributed by atoms with Gasteiger partial charge in [-0.2, -0.15) is 11.8 Å². The van der Waals surface area contributed by atoms with Gasteiger partial charge in [-0.15, -0.1) is 11.3 Å². The summed E-state index contributed by atoms with van der Waals surface area (Å²) in [5.41, 5.74) is 1.17. The second-order valence-electron chi connectivity index (χ2n) is 5.70. The topological polar surface area (TPSA) is 50.4 Å². The molecule has 1 amide bonds. The van der Waals surface area contributed by atoms with Gasteiger partial charge in [-0.1, -0.05) is 0 Å². The molecule has 1 aliphatic heterocycles. The molecule has 0 radical (unpaired) electrons. The lowest BCUT2D eigenvalue weighted by Gasteiger charge is -2.22. The first-order valence-corrected chi connectivity index (χ1v) is 10.0. The summed E-state index contributed by atoms with van der Waals surface area (Å²) in [6.45, 7) is 1.60. The smallest absolute Gasteiger partial charge is 0.221 e. The number of carbonyl (C=O) groups is 1. The maximum Gasteiger partial charge on any atom is 0.221 e. The second kappa shape index (κ2) is 8.55. The van der Waals surface area contributed by atoms with Crippen LogP contribution < -0.4 is 15.4 Å². The van der Waals surface area contributed by atoms with Gasteiger partial charge in [0.25, 0.3) is 0 Å². The van der Waals surface area contributed by atoms with Crippen molar-refractivity contribution in [3.05, 3.63) is 41.3 Å². The fourth-order valence-electron chi connectivity index (χ4n) is 2.62. The van der Waals surface area contributed by atoms with Crippen molar-refractivity contribution in [3.8, 4) is 16.2 Å². The average Bonchev–Trinajstić information content (AvgIpc) is 3.10. The molecule has 1 aliphatic rings. The minimum Gasteiger partial charge on any atom is -0.497 e. The van der Waals surface area contributed by atoms with Gasteiger partial charge in [0.2, 0.25) is 5.91 Å². The highest BCUT2D eigenvalue weighted by molar-refractivity contribution is 7.99. The zero-order chi connectivity index (χ0) is 16.8. The molecule has 1 fully saturated rings. The minimum absolute atomic E-state index is 0.120. The van der Waals surface area contributed by atoms with Crippen molar-refractivity contribution in [2.45, 2.75) is 19.0 Å². The number of benzene rings is 1. The number of ether oxygens (including phenoxy) is 1.